The number of aromatic nitrogens is 3. The van der Waals surface area contributed by atoms with E-state index in [1.54, 1.807) is 29.3 Å². The Morgan fingerprint density at radius 2 is 2.05 bits per heavy atom. The first-order chi connectivity index (χ1) is 19.1. The van der Waals surface area contributed by atoms with Gasteiger partial charge in [0.2, 0.25) is 5.95 Å². The molecule has 3 aromatic rings. The predicted molar refractivity (Wildman–Crippen MR) is 156 cm³/mol. The van der Waals surface area contributed by atoms with Crippen LogP contribution in [0.15, 0.2) is 54.4 Å². The normalized spacial score (nSPS) is 16.0. The lowest BCUT2D eigenvalue weighted by Gasteiger charge is -2.26. The Hall–Kier alpha value is -4.03. The molecule has 2 N–H and O–H groups in total. The molecule has 3 heterocycles. The van der Waals surface area contributed by atoms with E-state index in [0.717, 1.165) is 36.0 Å². The van der Waals surface area contributed by atoms with E-state index in [-0.39, 0.29) is 34.8 Å². The van der Waals surface area contributed by atoms with Gasteiger partial charge >= 0.3 is 0 Å². The Kier molecular flexibility index (Phi) is 9.00. The third kappa shape index (κ3) is 7.13. The number of benzene rings is 1. The summed E-state index contributed by atoms with van der Waals surface area (Å²) in [5.41, 5.74) is 3.53. The summed E-state index contributed by atoms with van der Waals surface area (Å²) in [6, 6.07) is 11.5. The Bertz CT molecular complexity index is 1430. The van der Waals surface area contributed by atoms with Gasteiger partial charge in [0.25, 0.3) is 11.8 Å². The Balaban J connectivity index is 1.65. The average Bonchev–Trinajstić information content (AvgIpc) is 3.51. The molecule has 2 amide bonds. The van der Waals surface area contributed by atoms with Crippen molar-refractivity contribution in [3.63, 3.8) is 0 Å². The standard InChI is InChI=1S/C31H39N7O2/c1-21(2)14-24(16-32)29(40)37-13-7-9-25(37)19-38-27-11-10-22(17-34-20-31(3,4)5)15-26(27)35-30(38)36-28(39)23-8-6-12-33-18-23/h6,8,10-12,14-15,18,21,25,34H,7,9,13,17,19-20H2,1-5H3,(H,35,36,39). The van der Waals surface area contributed by atoms with Crippen LogP contribution in [0.4, 0.5) is 5.95 Å². The molecular weight excluding hydrogens is 502 g/mol. The van der Waals surface area contributed by atoms with Crippen molar-refractivity contribution in [3.8, 4) is 6.07 Å². The summed E-state index contributed by atoms with van der Waals surface area (Å²) in [7, 11) is 0. The largest absolute Gasteiger partial charge is 0.333 e. The molecule has 1 saturated heterocycles. The van der Waals surface area contributed by atoms with Crippen molar-refractivity contribution in [2.75, 3.05) is 18.4 Å². The van der Waals surface area contributed by atoms with E-state index in [1.807, 2.05) is 30.5 Å². The number of pyridine rings is 1. The number of amides is 2. The molecule has 1 atom stereocenters. The van der Waals surface area contributed by atoms with Gasteiger partial charge in [0.15, 0.2) is 0 Å². The average molecular weight is 542 g/mol. The number of allylic oxidation sites excluding steroid dienone is 1. The SMILES string of the molecule is CC(C)C=C(C#N)C(=O)N1CCCC1Cn1c(NC(=O)c2cccnc2)nc2cc(CNCC(C)(C)C)ccc21. The summed E-state index contributed by atoms with van der Waals surface area (Å²) in [6.45, 7) is 13.1. The highest BCUT2D eigenvalue weighted by atomic mass is 16.2. The molecule has 2 aromatic heterocycles. The van der Waals surface area contributed by atoms with Crippen LogP contribution in [0, 0.1) is 22.7 Å². The van der Waals surface area contributed by atoms with Crippen LogP contribution in [0.3, 0.4) is 0 Å². The number of nitrogens with zero attached hydrogens (tertiary/aromatic N) is 5. The maximum atomic E-state index is 13.3. The van der Waals surface area contributed by atoms with E-state index in [9.17, 15) is 14.9 Å². The van der Waals surface area contributed by atoms with Crippen molar-refractivity contribution in [2.24, 2.45) is 11.3 Å². The number of carbonyl (C=O) groups excluding carboxylic acids is 2. The van der Waals surface area contributed by atoms with Crippen LogP contribution >= 0.6 is 0 Å². The van der Waals surface area contributed by atoms with Gasteiger partial charge in [0, 0.05) is 38.6 Å². The first-order valence-electron chi connectivity index (χ1n) is 13.9. The number of hydrogen-bond acceptors (Lipinski definition) is 6. The lowest BCUT2D eigenvalue weighted by molar-refractivity contribution is -0.127. The third-order valence-electron chi connectivity index (χ3n) is 6.83. The smallest absolute Gasteiger partial charge is 0.264 e. The number of carbonyl (C=O) groups is 2. The van der Waals surface area contributed by atoms with Crippen LogP contribution in [0.5, 0.6) is 0 Å². The van der Waals surface area contributed by atoms with Crippen LogP contribution < -0.4 is 10.6 Å². The zero-order chi connectivity index (χ0) is 28.9. The molecule has 1 aliphatic rings. The van der Waals surface area contributed by atoms with E-state index >= 15 is 0 Å². The fourth-order valence-corrected chi connectivity index (χ4v) is 4.97. The highest BCUT2D eigenvalue weighted by molar-refractivity contribution is 6.04. The number of hydrogen-bond donors (Lipinski definition) is 2. The highest BCUT2D eigenvalue weighted by Crippen LogP contribution is 2.27. The number of anilines is 1. The van der Waals surface area contributed by atoms with Gasteiger partial charge in [0.05, 0.1) is 22.6 Å². The molecule has 0 spiro atoms. The lowest BCUT2D eigenvalue weighted by Crippen LogP contribution is -2.39. The molecule has 0 bridgehead atoms. The second-order valence-electron chi connectivity index (χ2n) is 12.0. The predicted octanol–water partition coefficient (Wildman–Crippen LogP) is 4.92. The minimum atomic E-state index is -0.303. The maximum Gasteiger partial charge on any atom is 0.264 e. The zero-order valence-corrected chi connectivity index (χ0v) is 24.1. The minimum absolute atomic E-state index is 0.0959. The molecule has 1 aromatic carbocycles. The second kappa shape index (κ2) is 12.4. The molecule has 1 fully saturated rings. The topological polar surface area (TPSA) is 116 Å². The summed E-state index contributed by atoms with van der Waals surface area (Å²) in [4.78, 5) is 37.0. The van der Waals surface area contributed by atoms with E-state index in [4.69, 9.17) is 4.98 Å². The van der Waals surface area contributed by atoms with E-state index < -0.39 is 0 Å². The number of imidazole rings is 1. The van der Waals surface area contributed by atoms with E-state index in [2.05, 4.69) is 48.5 Å². The fraction of sp³-hybridized carbons (Fsp3) is 0.452. The quantitative estimate of drug-likeness (QED) is 0.294. The van der Waals surface area contributed by atoms with Gasteiger partial charge in [-0.15, -0.1) is 0 Å². The number of fused-ring (bicyclic) bond motifs is 1. The summed E-state index contributed by atoms with van der Waals surface area (Å²) in [6.07, 6.45) is 6.51. The first kappa shape index (κ1) is 29.0. The van der Waals surface area contributed by atoms with Crippen LogP contribution in [0.1, 0.15) is 63.4 Å². The highest BCUT2D eigenvalue weighted by Gasteiger charge is 2.32. The lowest BCUT2D eigenvalue weighted by atomic mass is 9.97. The van der Waals surface area contributed by atoms with Gasteiger partial charge in [-0.2, -0.15) is 5.26 Å². The van der Waals surface area contributed by atoms with Gasteiger partial charge in [-0.1, -0.05) is 46.8 Å². The van der Waals surface area contributed by atoms with Crippen molar-refractivity contribution in [2.45, 2.75) is 66.6 Å². The Morgan fingerprint density at radius 1 is 1.25 bits per heavy atom. The zero-order valence-electron chi connectivity index (χ0n) is 24.1. The minimum Gasteiger partial charge on any atom is -0.333 e. The molecule has 9 heteroatoms. The molecule has 0 aliphatic carbocycles. The summed E-state index contributed by atoms with van der Waals surface area (Å²) >= 11 is 0. The van der Waals surface area contributed by atoms with E-state index in [0.29, 0.717) is 31.1 Å². The second-order valence-corrected chi connectivity index (χ2v) is 12.0. The summed E-state index contributed by atoms with van der Waals surface area (Å²) in [5, 5.41) is 16.1. The molecule has 210 valence electrons. The van der Waals surface area contributed by atoms with Gasteiger partial charge in [-0.3, -0.25) is 19.9 Å². The first-order valence-corrected chi connectivity index (χ1v) is 13.9. The summed E-state index contributed by atoms with van der Waals surface area (Å²) in [5.74, 6) is -0.0289. The van der Waals surface area contributed by atoms with Crippen molar-refractivity contribution in [3.05, 3.63) is 65.5 Å². The Labute approximate surface area is 236 Å². The maximum absolute atomic E-state index is 13.3. The van der Waals surface area contributed by atoms with E-state index in [1.165, 1.54) is 6.20 Å². The molecule has 0 radical (unpaired) electrons. The van der Waals surface area contributed by atoms with Crippen LogP contribution in [-0.2, 0) is 17.9 Å². The number of rotatable bonds is 9. The van der Waals surface area contributed by atoms with Crippen LogP contribution in [-0.4, -0.2) is 50.4 Å². The third-order valence-corrected chi connectivity index (χ3v) is 6.83. The van der Waals surface area contributed by atoms with Crippen LogP contribution in [0.25, 0.3) is 11.0 Å². The van der Waals surface area contributed by atoms with Gasteiger partial charge in [0.1, 0.15) is 11.6 Å². The monoisotopic (exact) mass is 541 g/mol. The molecule has 9 nitrogen and oxygen atoms in total. The molecule has 4 rings (SSSR count). The molecular formula is C31H39N7O2. The summed E-state index contributed by atoms with van der Waals surface area (Å²) < 4.78 is 1.98. The number of nitrogens with one attached hydrogen (secondary N) is 2. The molecule has 40 heavy (non-hydrogen) atoms. The van der Waals surface area contributed by atoms with Gasteiger partial charge in [-0.05, 0) is 54.0 Å². The number of nitriles is 1. The van der Waals surface area contributed by atoms with Crippen molar-refractivity contribution in [1.29, 1.82) is 5.26 Å². The molecule has 1 aliphatic heterocycles. The van der Waals surface area contributed by atoms with Crippen LogP contribution in [0.2, 0.25) is 0 Å². The Morgan fingerprint density at radius 3 is 2.73 bits per heavy atom. The van der Waals surface area contributed by atoms with Gasteiger partial charge in [-0.25, -0.2) is 4.98 Å². The van der Waals surface area contributed by atoms with Crippen molar-refractivity contribution in [1.82, 2.24) is 24.8 Å². The van der Waals surface area contributed by atoms with Gasteiger partial charge < -0.3 is 14.8 Å². The van der Waals surface area contributed by atoms with Crippen molar-refractivity contribution >= 4 is 28.8 Å². The molecule has 1 unspecified atom stereocenters. The molecule has 0 saturated carbocycles. The van der Waals surface area contributed by atoms with Crippen molar-refractivity contribution < 1.29 is 9.59 Å². The fourth-order valence-electron chi connectivity index (χ4n) is 4.97. The number of likely N-dealkylation sites (tertiary alicyclic amines) is 1.